The fourth-order valence-electron chi connectivity index (χ4n) is 3.25. The zero-order chi connectivity index (χ0) is 22.8. The lowest BCUT2D eigenvalue weighted by Gasteiger charge is -2.34. The van der Waals surface area contributed by atoms with E-state index in [-0.39, 0.29) is 46.9 Å². The summed E-state index contributed by atoms with van der Waals surface area (Å²) in [5.41, 5.74) is 1.49. The number of piperazine rings is 1. The fourth-order valence-corrected chi connectivity index (χ4v) is 5.21. The highest BCUT2D eigenvalue weighted by molar-refractivity contribution is 7.89. The highest BCUT2D eigenvalue weighted by Crippen LogP contribution is 2.22. The number of halogens is 2. The summed E-state index contributed by atoms with van der Waals surface area (Å²) in [4.78, 5) is 30.0. The van der Waals surface area contributed by atoms with Crippen LogP contribution in [0.25, 0.3) is 0 Å². The monoisotopic (exact) mass is 485 g/mol. The molecule has 1 fully saturated rings. The summed E-state index contributed by atoms with van der Waals surface area (Å²) in [5.74, 6) is -1.30. The van der Waals surface area contributed by atoms with Crippen LogP contribution in [0.4, 0.5) is 0 Å². The van der Waals surface area contributed by atoms with Gasteiger partial charge in [0.15, 0.2) is 12.3 Å². The molecule has 0 bridgehead atoms. The van der Waals surface area contributed by atoms with E-state index >= 15 is 0 Å². The molecule has 1 amide bonds. The lowest BCUT2D eigenvalue weighted by molar-refractivity contribution is -0.135. The summed E-state index contributed by atoms with van der Waals surface area (Å²) in [6.45, 7) is 3.83. The normalized spacial score (nSPS) is 15.0. The highest BCUT2D eigenvalue weighted by Gasteiger charge is 2.31. The largest absolute Gasteiger partial charge is 0.451 e. The minimum absolute atomic E-state index is 0.0621. The molecule has 11 heteroatoms. The molecule has 1 aromatic carbocycles. The Hall–Kier alpha value is -2.20. The number of esters is 1. The van der Waals surface area contributed by atoms with Crippen LogP contribution in [0.1, 0.15) is 21.6 Å². The smallest absolute Gasteiger partial charge is 0.359 e. The molecule has 0 unspecified atom stereocenters. The number of hydrogen-bond donors (Lipinski definition) is 0. The second-order valence-corrected chi connectivity index (χ2v) is 9.80. The number of aryl methyl sites for hydroxylation is 2. The van der Waals surface area contributed by atoms with Gasteiger partial charge < -0.3 is 9.64 Å². The summed E-state index contributed by atoms with van der Waals surface area (Å²) in [5, 5.41) is 0.135. The second-order valence-electron chi connectivity index (χ2n) is 7.09. The summed E-state index contributed by atoms with van der Waals surface area (Å²) >= 11 is 11.7. The lowest BCUT2D eigenvalue weighted by atomic mass is 10.2. The number of sulfonamides is 1. The Labute approximate surface area is 190 Å². The number of benzene rings is 1. The Kier molecular flexibility index (Phi) is 7.20. The van der Waals surface area contributed by atoms with E-state index in [1.54, 1.807) is 19.1 Å². The number of amides is 1. The molecule has 2 heterocycles. The zero-order valence-corrected chi connectivity index (χ0v) is 19.3. The summed E-state index contributed by atoms with van der Waals surface area (Å²) in [7, 11) is -3.65. The first-order valence-electron chi connectivity index (χ1n) is 9.44. The number of pyridine rings is 1. The molecule has 0 N–H and O–H groups in total. The van der Waals surface area contributed by atoms with Crippen molar-refractivity contribution in [3.8, 4) is 0 Å². The van der Waals surface area contributed by atoms with Gasteiger partial charge in [-0.05, 0) is 37.6 Å². The van der Waals surface area contributed by atoms with E-state index in [2.05, 4.69) is 4.98 Å². The quantitative estimate of drug-likeness (QED) is 0.476. The third kappa shape index (κ3) is 5.35. The molecule has 2 aromatic rings. The van der Waals surface area contributed by atoms with Crippen molar-refractivity contribution in [1.29, 1.82) is 0 Å². The summed E-state index contributed by atoms with van der Waals surface area (Å²) < 4.78 is 32.3. The zero-order valence-electron chi connectivity index (χ0n) is 17.0. The third-order valence-corrected chi connectivity index (χ3v) is 7.45. The van der Waals surface area contributed by atoms with Crippen LogP contribution in [0, 0.1) is 13.8 Å². The molecule has 0 saturated carbocycles. The topological polar surface area (TPSA) is 96.9 Å². The van der Waals surface area contributed by atoms with E-state index in [1.165, 1.54) is 21.3 Å². The van der Waals surface area contributed by atoms with E-state index in [0.29, 0.717) is 5.56 Å². The van der Waals surface area contributed by atoms with Gasteiger partial charge in [0, 0.05) is 26.2 Å². The SMILES string of the molecule is Cc1ccc(S(=O)(=O)N2CCN(C(=O)COC(=O)c3nc(Cl)ccc3Cl)CC2)c(C)c1. The first-order chi connectivity index (χ1) is 14.6. The highest BCUT2D eigenvalue weighted by atomic mass is 35.5. The van der Waals surface area contributed by atoms with Gasteiger partial charge >= 0.3 is 5.97 Å². The Morgan fingerprint density at radius 1 is 1.06 bits per heavy atom. The van der Waals surface area contributed by atoms with Crippen LogP contribution in [0.2, 0.25) is 10.2 Å². The van der Waals surface area contributed by atoms with Crippen LogP contribution < -0.4 is 0 Å². The van der Waals surface area contributed by atoms with E-state index < -0.39 is 28.5 Å². The lowest BCUT2D eigenvalue weighted by Crippen LogP contribution is -2.51. The van der Waals surface area contributed by atoms with Gasteiger partial charge in [0.05, 0.1) is 9.92 Å². The fraction of sp³-hybridized carbons (Fsp3) is 0.350. The number of carbonyl (C=O) groups excluding carboxylic acids is 2. The van der Waals surface area contributed by atoms with Crippen LogP contribution in [-0.2, 0) is 19.6 Å². The average molecular weight is 486 g/mol. The first kappa shape index (κ1) is 23.5. The van der Waals surface area contributed by atoms with Crippen molar-refractivity contribution in [2.24, 2.45) is 0 Å². The molecule has 166 valence electrons. The minimum Gasteiger partial charge on any atom is -0.451 e. The molecule has 0 spiro atoms. The molecule has 3 rings (SSSR count). The Balaban J connectivity index is 1.57. The standard InChI is InChI=1S/C20H21Cl2N3O5S/c1-13-3-5-16(14(2)11-13)31(28,29)25-9-7-24(8-10-25)18(26)12-30-20(27)19-15(21)4-6-17(22)23-19/h3-6,11H,7-10,12H2,1-2H3. The van der Waals surface area contributed by atoms with Gasteiger partial charge in [-0.3, -0.25) is 4.79 Å². The predicted molar refractivity (Wildman–Crippen MR) is 116 cm³/mol. The van der Waals surface area contributed by atoms with Gasteiger partial charge in [-0.15, -0.1) is 0 Å². The average Bonchev–Trinajstić information content (AvgIpc) is 2.73. The molecule has 1 aliphatic heterocycles. The maximum absolute atomic E-state index is 13.0. The van der Waals surface area contributed by atoms with Crippen molar-refractivity contribution < 1.29 is 22.7 Å². The van der Waals surface area contributed by atoms with Gasteiger partial charge in [-0.2, -0.15) is 4.31 Å². The minimum atomic E-state index is -3.65. The number of aromatic nitrogens is 1. The van der Waals surface area contributed by atoms with Gasteiger partial charge in [-0.1, -0.05) is 40.9 Å². The van der Waals surface area contributed by atoms with Gasteiger partial charge in [0.25, 0.3) is 5.91 Å². The third-order valence-electron chi connectivity index (χ3n) is 4.87. The van der Waals surface area contributed by atoms with Crippen LogP contribution >= 0.6 is 23.2 Å². The van der Waals surface area contributed by atoms with Crippen LogP contribution in [0.15, 0.2) is 35.2 Å². The molecular weight excluding hydrogens is 465 g/mol. The molecule has 1 aromatic heterocycles. The van der Waals surface area contributed by atoms with Crippen molar-refractivity contribution in [2.45, 2.75) is 18.7 Å². The van der Waals surface area contributed by atoms with E-state index in [4.69, 9.17) is 27.9 Å². The molecule has 1 aliphatic rings. The van der Waals surface area contributed by atoms with Crippen molar-refractivity contribution in [1.82, 2.24) is 14.2 Å². The molecule has 31 heavy (non-hydrogen) atoms. The Morgan fingerprint density at radius 2 is 1.74 bits per heavy atom. The predicted octanol–water partition coefficient (Wildman–Crippen LogP) is 2.70. The van der Waals surface area contributed by atoms with Crippen LogP contribution in [0.3, 0.4) is 0 Å². The van der Waals surface area contributed by atoms with E-state index in [0.717, 1.165) is 5.56 Å². The van der Waals surface area contributed by atoms with Crippen molar-refractivity contribution in [3.05, 3.63) is 57.3 Å². The number of rotatable bonds is 5. The second kappa shape index (κ2) is 9.52. The van der Waals surface area contributed by atoms with Gasteiger partial charge in [0.2, 0.25) is 10.0 Å². The Bertz CT molecular complexity index is 1120. The molecule has 1 saturated heterocycles. The van der Waals surface area contributed by atoms with Gasteiger partial charge in [-0.25, -0.2) is 18.2 Å². The van der Waals surface area contributed by atoms with Crippen LogP contribution in [-0.4, -0.2) is 67.3 Å². The number of hydrogen-bond acceptors (Lipinski definition) is 6. The van der Waals surface area contributed by atoms with E-state index in [9.17, 15) is 18.0 Å². The van der Waals surface area contributed by atoms with Crippen molar-refractivity contribution >= 4 is 45.1 Å². The molecular formula is C20H21Cl2N3O5S. The number of nitrogens with zero attached hydrogens (tertiary/aromatic N) is 3. The molecule has 0 aliphatic carbocycles. The molecule has 0 radical (unpaired) electrons. The number of carbonyl (C=O) groups is 2. The molecule has 8 nitrogen and oxygen atoms in total. The summed E-state index contributed by atoms with van der Waals surface area (Å²) in [6, 6.07) is 8.02. The maximum Gasteiger partial charge on any atom is 0.359 e. The molecule has 0 atom stereocenters. The maximum atomic E-state index is 13.0. The van der Waals surface area contributed by atoms with Crippen LogP contribution in [0.5, 0.6) is 0 Å². The number of ether oxygens (including phenoxy) is 1. The van der Waals surface area contributed by atoms with Gasteiger partial charge in [0.1, 0.15) is 5.15 Å². The Morgan fingerprint density at radius 3 is 2.39 bits per heavy atom. The first-order valence-corrected chi connectivity index (χ1v) is 11.6. The van der Waals surface area contributed by atoms with Crippen molar-refractivity contribution in [2.75, 3.05) is 32.8 Å². The summed E-state index contributed by atoms with van der Waals surface area (Å²) in [6.07, 6.45) is 0. The van der Waals surface area contributed by atoms with E-state index in [1.807, 2.05) is 13.0 Å². The van der Waals surface area contributed by atoms with Crippen molar-refractivity contribution in [3.63, 3.8) is 0 Å².